The molecule has 4 nitrogen and oxygen atoms in total. The van der Waals surface area contributed by atoms with E-state index in [0.717, 1.165) is 5.03 Å². The molecule has 0 saturated carbocycles. The molecule has 0 atom stereocenters. The molecule has 66 valence electrons. The normalized spacial score (nSPS) is 9.83. The summed E-state index contributed by atoms with van der Waals surface area (Å²) in [5, 5.41) is 0.754. The number of rotatable bonds is 2. The summed E-state index contributed by atoms with van der Waals surface area (Å²) in [6.07, 6.45) is 1.90. The number of thioether (sulfide) groups is 1. The largest absolute Gasteiger partial charge is 0.494 e. The number of nitrogen functional groups attached to an aromatic ring is 2. The van der Waals surface area contributed by atoms with Gasteiger partial charge in [0, 0.05) is 6.07 Å². The summed E-state index contributed by atoms with van der Waals surface area (Å²) in [5.41, 5.74) is 11.5. The van der Waals surface area contributed by atoms with Crippen molar-refractivity contribution in [2.24, 2.45) is 0 Å². The van der Waals surface area contributed by atoms with E-state index in [4.69, 9.17) is 16.2 Å². The molecule has 0 saturated heterocycles. The van der Waals surface area contributed by atoms with Gasteiger partial charge in [0.15, 0.2) is 5.75 Å². The van der Waals surface area contributed by atoms with Crippen molar-refractivity contribution in [3.63, 3.8) is 0 Å². The second kappa shape index (κ2) is 3.53. The quantitative estimate of drug-likeness (QED) is 0.672. The summed E-state index contributed by atoms with van der Waals surface area (Å²) in [7, 11) is 1.58. The third-order valence-corrected chi connectivity index (χ3v) is 2.11. The fraction of sp³-hybridized carbons (Fsp3) is 0.286. The van der Waals surface area contributed by atoms with Crippen molar-refractivity contribution in [1.29, 1.82) is 0 Å². The van der Waals surface area contributed by atoms with Crippen LogP contribution >= 0.6 is 11.8 Å². The molecule has 0 aliphatic heterocycles. The summed E-state index contributed by atoms with van der Waals surface area (Å²) in [5.74, 6) is 1.01. The molecule has 1 heterocycles. The molecule has 1 aromatic rings. The second-order valence-electron chi connectivity index (χ2n) is 2.17. The number of hydrogen-bond acceptors (Lipinski definition) is 5. The number of nitrogens with zero attached hydrogens (tertiary/aromatic N) is 1. The number of ether oxygens (including phenoxy) is 1. The standard InChI is InChI=1S/C7H11N3OS/c1-11-5-3-4(8)6(9)10-7(5)12-2/h3H,8H2,1-2H3,(H2,9,10). The van der Waals surface area contributed by atoms with E-state index in [9.17, 15) is 0 Å². The molecule has 12 heavy (non-hydrogen) atoms. The Labute approximate surface area is 75.3 Å². The molecule has 1 rings (SSSR count). The predicted octanol–water partition coefficient (Wildman–Crippen LogP) is 0.977. The predicted molar refractivity (Wildman–Crippen MR) is 51.4 cm³/mol. The minimum absolute atomic E-state index is 0.347. The van der Waals surface area contributed by atoms with E-state index >= 15 is 0 Å². The highest BCUT2D eigenvalue weighted by molar-refractivity contribution is 7.98. The van der Waals surface area contributed by atoms with Gasteiger partial charge in [0.05, 0.1) is 12.8 Å². The van der Waals surface area contributed by atoms with Gasteiger partial charge in [0.2, 0.25) is 0 Å². The highest BCUT2D eigenvalue weighted by Crippen LogP contribution is 2.29. The number of hydrogen-bond donors (Lipinski definition) is 2. The summed E-state index contributed by atoms with van der Waals surface area (Å²) in [6.45, 7) is 0. The highest BCUT2D eigenvalue weighted by atomic mass is 32.2. The Balaban J connectivity index is 3.19. The van der Waals surface area contributed by atoms with Crippen LogP contribution in [0.3, 0.4) is 0 Å². The van der Waals surface area contributed by atoms with Crippen molar-refractivity contribution in [2.45, 2.75) is 5.03 Å². The van der Waals surface area contributed by atoms with Gasteiger partial charge in [-0.15, -0.1) is 11.8 Å². The Kier molecular flexibility index (Phi) is 2.65. The zero-order chi connectivity index (χ0) is 9.14. The summed E-state index contributed by atoms with van der Waals surface area (Å²) in [6, 6.07) is 1.67. The minimum Gasteiger partial charge on any atom is -0.494 e. The van der Waals surface area contributed by atoms with Crippen molar-refractivity contribution in [2.75, 3.05) is 24.8 Å². The zero-order valence-electron chi connectivity index (χ0n) is 7.00. The molecule has 0 fully saturated rings. The van der Waals surface area contributed by atoms with Gasteiger partial charge in [-0.2, -0.15) is 0 Å². The maximum Gasteiger partial charge on any atom is 0.153 e. The van der Waals surface area contributed by atoms with Gasteiger partial charge in [-0.1, -0.05) is 0 Å². The fourth-order valence-electron chi connectivity index (χ4n) is 0.798. The SMILES string of the molecule is COc1cc(N)c(N)nc1SC. The summed E-state index contributed by atoms with van der Waals surface area (Å²) < 4.78 is 5.05. The molecule has 0 aromatic carbocycles. The first-order valence-corrected chi connectivity index (χ1v) is 4.55. The lowest BCUT2D eigenvalue weighted by Gasteiger charge is -2.07. The monoisotopic (exact) mass is 185 g/mol. The first-order valence-electron chi connectivity index (χ1n) is 3.33. The molecule has 1 aromatic heterocycles. The van der Waals surface area contributed by atoms with Crippen LogP contribution in [0.4, 0.5) is 11.5 Å². The first kappa shape index (κ1) is 8.99. The lowest BCUT2D eigenvalue weighted by molar-refractivity contribution is 0.401. The van der Waals surface area contributed by atoms with Crippen molar-refractivity contribution in [1.82, 2.24) is 4.98 Å². The Bertz CT molecular complexity index is 261. The highest BCUT2D eigenvalue weighted by Gasteiger charge is 2.06. The number of aromatic nitrogens is 1. The minimum atomic E-state index is 0.347. The number of pyridine rings is 1. The molecule has 0 aliphatic rings. The van der Waals surface area contributed by atoms with E-state index < -0.39 is 0 Å². The van der Waals surface area contributed by atoms with Crippen LogP contribution in [-0.2, 0) is 0 Å². The molecular formula is C7H11N3OS. The van der Waals surface area contributed by atoms with E-state index in [-0.39, 0.29) is 0 Å². The molecule has 0 radical (unpaired) electrons. The third kappa shape index (κ3) is 1.55. The number of methoxy groups -OCH3 is 1. The Morgan fingerprint density at radius 1 is 1.50 bits per heavy atom. The maximum atomic E-state index is 5.54. The van der Waals surface area contributed by atoms with Gasteiger partial charge in [-0.25, -0.2) is 4.98 Å². The average Bonchev–Trinajstić information content (AvgIpc) is 2.09. The van der Waals surface area contributed by atoms with E-state index in [2.05, 4.69) is 4.98 Å². The van der Waals surface area contributed by atoms with Crippen molar-refractivity contribution in [3.05, 3.63) is 6.07 Å². The van der Waals surface area contributed by atoms with Crippen LogP contribution < -0.4 is 16.2 Å². The molecule has 0 spiro atoms. The number of nitrogens with two attached hydrogens (primary N) is 2. The molecular weight excluding hydrogens is 174 g/mol. The fourth-order valence-corrected chi connectivity index (χ4v) is 1.33. The van der Waals surface area contributed by atoms with E-state index in [1.54, 1.807) is 13.2 Å². The Hall–Kier alpha value is -1.10. The molecule has 0 aliphatic carbocycles. The van der Waals surface area contributed by atoms with E-state index in [1.165, 1.54) is 11.8 Å². The van der Waals surface area contributed by atoms with Crippen molar-refractivity contribution >= 4 is 23.3 Å². The van der Waals surface area contributed by atoms with Gasteiger partial charge >= 0.3 is 0 Å². The van der Waals surface area contributed by atoms with E-state index in [1.807, 2.05) is 6.26 Å². The first-order chi connectivity index (χ1) is 5.69. The lowest BCUT2D eigenvalue weighted by atomic mass is 10.4. The smallest absolute Gasteiger partial charge is 0.153 e. The zero-order valence-corrected chi connectivity index (χ0v) is 7.81. The summed E-state index contributed by atoms with van der Waals surface area (Å²) >= 11 is 1.47. The van der Waals surface area contributed by atoms with Crippen molar-refractivity contribution < 1.29 is 4.74 Å². The molecule has 0 amide bonds. The summed E-state index contributed by atoms with van der Waals surface area (Å²) in [4.78, 5) is 4.05. The van der Waals surface area contributed by atoms with Gasteiger partial charge in [-0.05, 0) is 6.26 Å². The van der Waals surface area contributed by atoms with Crippen LogP contribution in [0.2, 0.25) is 0 Å². The molecule has 0 bridgehead atoms. The van der Waals surface area contributed by atoms with E-state index in [0.29, 0.717) is 17.3 Å². The molecule has 5 heteroatoms. The Morgan fingerprint density at radius 3 is 2.67 bits per heavy atom. The lowest BCUT2D eigenvalue weighted by Crippen LogP contribution is -2.00. The third-order valence-electron chi connectivity index (χ3n) is 1.43. The van der Waals surface area contributed by atoms with Crippen LogP contribution in [0, 0.1) is 0 Å². The number of anilines is 2. The van der Waals surface area contributed by atoms with Crippen LogP contribution in [0.25, 0.3) is 0 Å². The van der Waals surface area contributed by atoms with Crippen LogP contribution in [0.15, 0.2) is 11.1 Å². The molecule has 4 N–H and O–H groups in total. The average molecular weight is 185 g/mol. The second-order valence-corrected chi connectivity index (χ2v) is 2.97. The molecule has 0 unspecified atom stereocenters. The Morgan fingerprint density at radius 2 is 2.17 bits per heavy atom. The van der Waals surface area contributed by atoms with Gasteiger partial charge in [0.25, 0.3) is 0 Å². The van der Waals surface area contributed by atoms with Crippen molar-refractivity contribution in [3.8, 4) is 5.75 Å². The van der Waals surface area contributed by atoms with Crippen LogP contribution in [-0.4, -0.2) is 18.3 Å². The van der Waals surface area contributed by atoms with Gasteiger partial charge in [-0.3, -0.25) is 0 Å². The van der Waals surface area contributed by atoms with Gasteiger partial charge in [0.1, 0.15) is 10.8 Å². The van der Waals surface area contributed by atoms with Crippen LogP contribution in [0.5, 0.6) is 5.75 Å². The topological polar surface area (TPSA) is 74.2 Å². The maximum absolute atomic E-state index is 5.54. The van der Waals surface area contributed by atoms with Crippen LogP contribution in [0.1, 0.15) is 0 Å². The van der Waals surface area contributed by atoms with Gasteiger partial charge < -0.3 is 16.2 Å².